The van der Waals surface area contributed by atoms with Gasteiger partial charge in [0, 0.05) is 0 Å². The number of rotatable bonds is 3. The van der Waals surface area contributed by atoms with E-state index in [4.69, 9.17) is 5.11 Å². The summed E-state index contributed by atoms with van der Waals surface area (Å²) >= 11 is 0. The molecule has 0 unspecified atom stereocenters. The molecule has 6 heteroatoms. The standard InChI is InChI=1S/C8H10BNO4/c11-6-1-3-8(4-2-6,7(12)13)10-5-9-14/h5H,1-4H2,(H,12,13). The first-order valence-electron chi connectivity index (χ1n) is 4.35. The van der Waals surface area contributed by atoms with Gasteiger partial charge in [0.05, 0.1) is 0 Å². The number of carboxylic acids is 1. The SMILES string of the molecule is O=BC=NC1(C(=O)O)CCC(=O)CC1. The average molecular weight is 195 g/mol. The third kappa shape index (κ3) is 2.13. The quantitative estimate of drug-likeness (QED) is 0.508. The van der Waals surface area contributed by atoms with Crippen LogP contribution in [0.15, 0.2) is 4.99 Å². The number of Topliss-reactive ketones (excluding diaryl/α,β-unsaturated/α-hetero) is 1. The van der Waals surface area contributed by atoms with Crippen LogP contribution in [0.4, 0.5) is 0 Å². The molecule has 0 spiro atoms. The van der Waals surface area contributed by atoms with E-state index in [2.05, 4.69) is 4.99 Å². The van der Waals surface area contributed by atoms with Crippen molar-refractivity contribution < 1.29 is 19.4 Å². The number of aliphatic imine (C=N–C) groups is 1. The second kappa shape index (κ2) is 4.26. The van der Waals surface area contributed by atoms with Gasteiger partial charge in [0.25, 0.3) is 0 Å². The van der Waals surface area contributed by atoms with Gasteiger partial charge < -0.3 is 0 Å². The maximum absolute atomic E-state index is 10.9. The summed E-state index contributed by atoms with van der Waals surface area (Å²) in [5.41, 5.74) is -1.26. The minimum absolute atomic E-state index is 0.0585. The first-order valence-corrected chi connectivity index (χ1v) is 4.35. The van der Waals surface area contributed by atoms with Gasteiger partial charge in [-0.3, -0.25) is 0 Å². The zero-order chi connectivity index (χ0) is 10.6. The van der Waals surface area contributed by atoms with Gasteiger partial charge in [-0.25, -0.2) is 0 Å². The van der Waals surface area contributed by atoms with Crippen LogP contribution in [0.25, 0.3) is 0 Å². The molecule has 0 aromatic rings. The van der Waals surface area contributed by atoms with Crippen LogP contribution in [0, 0.1) is 0 Å². The zero-order valence-corrected chi connectivity index (χ0v) is 7.60. The molecule has 0 aromatic carbocycles. The Bertz CT molecular complexity index is 290. The van der Waals surface area contributed by atoms with Gasteiger partial charge in [0.15, 0.2) is 0 Å². The minimum atomic E-state index is -1.26. The molecule has 0 aromatic heterocycles. The molecule has 74 valence electrons. The van der Waals surface area contributed by atoms with E-state index in [9.17, 15) is 14.3 Å². The van der Waals surface area contributed by atoms with Crippen LogP contribution in [0.2, 0.25) is 0 Å². The molecular formula is C8H10BNO4. The van der Waals surface area contributed by atoms with Crippen molar-refractivity contribution >= 4 is 25.0 Å². The summed E-state index contributed by atoms with van der Waals surface area (Å²) in [5, 5.41) is 8.96. The van der Waals surface area contributed by atoms with Crippen molar-refractivity contribution in [2.75, 3.05) is 0 Å². The van der Waals surface area contributed by atoms with Crippen LogP contribution in [-0.2, 0) is 14.3 Å². The Labute approximate surface area is 81.5 Å². The molecule has 1 N–H and O–H groups in total. The Balaban J connectivity index is 2.83. The van der Waals surface area contributed by atoms with Gasteiger partial charge in [-0.05, 0) is 0 Å². The van der Waals surface area contributed by atoms with E-state index in [1.165, 1.54) is 0 Å². The molecule has 0 radical (unpaired) electrons. The molecule has 1 aliphatic rings. The molecule has 0 aliphatic heterocycles. The molecule has 5 nitrogen and oxygen atoms in total. The van der Waals surface area contributed by atoms with Crippen molar-refractivity contribution in [3.63, 3.8) is 0 Å². The van der Waals surface area contributed by atoms with Gasteiger partial charge in [-0.1, -0.05) is 0 Å². The molecule has 1 fully saturated rings. The molecule has 1 saturated carbocycles. The van der Waals surface area contributed by atoms with Crippen LogP contribution in [0.5, 0.6) is 0 Å². The molecule has 1 rings (SSSR count). The monoisotopic (exact) mass is 195 g/mol. The van der Waals surface area contributed by atoms with Crippen molar-refractivity contribution in [1.29, 1.82) is 0 Å². The van der Waals surface area contributed by atoms with Crippen LogP contribution in [0.1, 0.15) is 25.7 Å². The topological polar surface area (TPSA) is 83.8 Å². The summed E-state index contributed by atoms with van der Waals surface area (Å²) in [7, 11) is 0.446. The second-order valence-corrected chi connectivity index (χ2v) is 3.29. The van der Waals surface area contributed by atoms with Gasteiger partial charge in [0.1, 0.15) is 0 Å². The fraction of sp³-hybridized carbons (Fsp3) is 0.625. The molecule has 0 atom stereocenters. The normalized spacial score (nSPS) is 20.7. The molecule has 14 heavy (non-hydrogen) atoms. The van der Waals surface area contributed by atoms with Crippen molar-refractivity contribution in [2.45, 2.75) is 31.2 Å². The van der Waals surface area contributed by atoms with Gasteiger partial charge in [0.2, 0.25) is 0 Å². The molecular weight excluding hydrogens is 185 g/mol. The summed E-state index contributed by atoms with van der Waals surface area (Å²) in [6.07, 6.45) is 1.77. The van der Waals surface area contributed by atoms with E-state index in [1.54, 1.807) is 0 Å². The number of carboxylic acid groups (broad SMARTS) is 1. The predicted molar refractivity (Wildman–Crippen MR) is 48.8 cm³/mol. The number of hydrogen-bond donors (Lipinski definition) is 1. The van der Waals surface area contributed by atoms with E-state index in [-0.39, 0.29) is 31.5 Å². The summed E-state index contributed by atoms with van der Waals surface area (Å²) in [6.45, 7) is 0. The first kappa shape index (κ1) is 10.8. The van der Waals surface area contributed by atoms with Crippen molar-refractivity contribution in [1.82, 2.24) is 0 Å². The number of carbonyl (C=O) groups excluding carboxylic acids is 1. The number of ketones is 1. The fourth-order valence-corrected chi connectivity index (χ4v) is 1.51. The fourth-order valence-electron chi connectivity index (χ4n) is 1.51. The summed E-state index contributed by atoms with van der Waals surface area (Å²) in [4.78, 5) is 25.6. The number of aliphatic carboxylic acids is 1. The van der Waals surface area contributed by atoms with Gasteiger partial charge >= 0.3 is 80.6 Å². The molecule has 1 aliphatic carbocycles. The predicted octanol–water partition coefficient (Wildman–Crippen LogP) is 0.0309. The van der Waals surface area contributed by atoms with E-state index in [0.717, 1.165) is 6.11 Å². The van der Waals surface area contributed by atoms with E-state index >= 15 is 0 Å². The van der Waals surface area contributed by atoms with E-state index in [1.807, 2.05) is 0 Å². The van der Waals surface area contributed by atoms with E-state index < -0.39 is 11.5 Å². The maximum atomic E-state index is 10.9. The second-order valence-electron chi connectivity index (χ2n) is 3.29. The average Bonchev–Trinajstić information content (AvgIpc) is 2.17. The van der Waals surface area contributed by atoms with Crippen molar-refractivity contribution in [3.8, 4) is 0 Å². The Kier molecular flexibility index (Phi) is 3.27. The summed E-state index contributed by atoms with van der Waals surface area (Å²) in [6, 6.07) is 0. The molecule has 0 amide bonds. The first-order chi connectivity index (χ1) is 6.60. The number of hydrogen-bond acceptors (Lipinski definition) is 4. The summed E-state index contributed by atoms with van der Waals surface area (Å²) < 4.78 is 10.1. The van der Waals surface area contributed by atoms with Crippen LogP contribution in [-0.4, -0.2) is 35.7 Å². The van der Waals surface area contributed by atoms with Crippen LogP contribution >= 0.6 is 0 Å². The Morgan fingerprint density at radius 3 is 2.50 bits per heavy atom. The summed E-state index contributed by atoms with van der Waals surface area (Å²) in [5.74, 6) is -1.01. The van der Waals surface area contributed by atoms with Crippen LogP contribution in [0.3, 0.4) is 0 Å². The van der Waals surface area contributed by atoms with Crippen LogP contribution < -0.4 is 0 Å². The third-order valence-electron chi connectivity index (χ3n) is 2.42. The van der Waals surface area contributed by atoms with E-state index in [0.29, 0.717) is 7.15 Å². The number of nitrogens with zero attached hydrogens (tertiary/aromatic N) is 1. The third-order valence-corrected chi connectivity index (χ3v) is 2.42. The van der Waals surface area contributed by atoms with Crippen molar-refractivity contribution in [2.24, 2.45) is 4.99 Å². The molecule has 0 saturated heterocycles. The number of carbonyl (C=O) groups is 2. The molecule has 0 heterocycles. The van der Waals surface area contributed by atoms with Crippen molar-refractivity contribution in [3.05, 3.63) is 0 Å². The van der Waals surface area contributed by atoms with Gasteiger partial charge in [-0.15, -0.1) is 0 Å². The Morgan fingerprint density at radius 1 is 1.50 bits per heavy atom. The zero-order valence-electron chi connectivity index (χ0n) is 7.60. The Hall–Kier alpha value is -1.33. The van der Waals surface area contributed by atoms with Gasteiger partial charge in [-0.2, -0.15) is 0 Å². The molecule has 0 bridgehead atoms. The Morgan fingerprint density at radius 2 is 2.07 bits per heavy atom.